The van der Waals surface area contributed by atoms with Crippen molar-refractivity contribution in [3.8, 4) is 5.75 Å². The Morgan fingerprint density at radius 2 is 1.91 bits per heavy atom. The average Bonchev–Trinajstić information content (AvgIpc) is 2.55. The number of rotatable bonds is 5. The summed E-state index contributed by atoms with van der Waals surface area (Å²) in [5.41, 5.74) is 1.12. The summed E-state index contributed by atoms with van der Waals surface area (Å²) >= 11 is 0. The lowest BCUT2D eigenvalue weighted by atomic mass is 10.1. The minimum absolute atomic E-state index is 0.0401. The second-order valence-corrected chi connectivity index (χ2v) is 5.91. The van der Waals surface area contributed by atoms with Gasteiger partial charge in [0, 0.05) is 38.8 Å². The van der Waals surface area contributed by atoms with Gasteiger partial charge in [-0.15, -0.1) is 0 Å². The molecule has 5 heteroatoms. The van der Waals surface area contributed by atoms with Crippen LogP contribution in [-0.2, 0) is 6.42 Å². The van der Waals surface area contributed by atoms with Crippen LogP contribution >= 0.6 is 0 Å². The molecule has 1 heterocycles. The van der Waals surface area contributed by atoms with Gasteiger partial charge in [0.25, 0.3) is 0 Å². The zero-order valence-corrected chi connectivity index (χ0v) is 13.8. The lowest BCUT2D eigenvalue weighted by Gasteiger charge is -2.36. The third-order valence-electron chi connectivity index (χ3n) is 4.19. The van der Waals surface area contributed by atoms with Gasteiger partial charge in [-0.05, 0) is 31.9 Å². The van der Waals surface area contributed by atoms with Crippen LogP contribution in [0.2, 0.25) is 0 Å². The number of carbonyl (C=O) groups excluding carboxylic acids is 1. The summed E-state index contributed by atoms with van der Waals surface area (Å²) in [5.74, 6) is 0.877. The summed E-state index contributed by atoms with van der Waals surface area (Å²) in [6, 6.07) is 8.52. The number of methoxy groups -OCH3 is 1. The van der Waals surface area contributed by atoms with Crippen LogP contribution in [0, 0.1) is 0 Å². The van der Waals surface area contributed by atoms with Crippen LogP contribution < -0.4 is 10.1 Å². The molecule has 0 atom stereocenters. The lowest BCUT2D eigenvalue weighted by Crippen LogP contribution is -2.53. The van der Waals surface area contributed by atoms with E-state index in [-0.39, 0.29) is 6.03 Å². The molecule has 0 aromatic heterocycles. The summed E-state index contributed by atoms with van der Waals surface area (Å²) in [5, 5.41) is 3.01. The SMILES string of the molecule is COc1ccccc1CCNC(=O)N1CCN(C(C)C)CC1. The van der Waals surface area contributed by atoms with Gasteiger partial charge in [0.2, 0.25) is 0 Å². The van der Waals surface area contributed by atoms with Crippen molar-refractivity contribution in [2.24, 2.45) is 0 Å². The van der Waals surface area contributed by atoms with Crippen molar-refractivity contribution < 1.29 is 9.53 Å². The summed E-state index contributed by atoms with van der Waals surface area (Å²) in [6.45, 7) is 8.54. The van der Waals surface area contributed by atoms with Crippen molar-refractivity contribution in [1.29, 1.82) is 0 Å². The molecule has 1 aliphatic heterocycles. The molecule has 0 saturated carbocycles. The molecule has 1 N–H and O–H groups in total. The molecule has 1 aromatic rings. The van der Waals surface area contributed by atoms with E-state index in [1.165, 1.54) is 0 Å². The summed E-state index contributed by atoms with van der Waals surface area (Å²) < 4.78 is 5.32. The largest absolute Gasteiger partial charge is 0.496 e. The molecule has 2 amide bonds. The Hall–Kier alpha value is -1.75. The van der Waals surface area contributed by atoms with Crippen molar-refractivity contribution in [1.82, 2.24) is 15.1 Å². The van der Waals surface area contributed by atoms with Crippen molar-refractivity contribution in [3.63, 3.8) is 0 Å². The van der Waals surface area contributed by atoms with Gasteiger partial charge in [-0.2, -0.15) is 0 Å². The Balaban J connectivity index is 1.74. The number of para-hydroxylation sites is 1. The standard InChI is InChI=1S/C17H27N3O2/c1-14(2)19-10-12-20(13-11-19)17(21)18-9-8-15-6-4-5-7-16(15)22-3/h4-7,14H,8-13H2,1-3H3,(H,18,21). The van der Waals surface area contributed by atoms with Crippen molar-refractivity contribution in [2.45, 2.75) is 26.3 Å². The van der Waals surface area contributed by atoms with E-state index in [1.807, 2.05) is 29.2 Å². The van der Waals surface area contributed by atoms with E-state index < -0.39 is 0 Å². The number of benzene rings is 1. The van der Waals surface area contributed by atoms with Crippen LogP contribution in [0.1, 0.15) is 19.4 Å². The number of urea groups is 1. The smallest absolute Gasteiger partial charge is 0.317 e. The van der Waals surface area contributed by atoms with Gasteiger partial charge in [-0.25, -0.2) is 4.79 Å². The molecule has 1 fully saturated rings. The monoisotopic (exact) mass is 305 g/mol. The van der Waals surface area contributed by atoms with E-state index in [4.69, 9.17) is 4.74 Å². The second kappa shape index (κ2) is 8.03. The molecule has 0 spiro atoms. The van der Waals surface area contributed by atoms with Crippen LogP contribution in [0.3, 0.4) is 0 Å². The highest BCUT2D eigenvalue weighted by Gasteiger charge is 2.21. The highest BCUT2D eigenvalue weighted by Crippen LogP contribution is 2.17. The van der Waals surface area contributed by atoms with E-state index >= 15 is 0 Å². The van der Waals surface area contributed by atoms with Crippen molar-refractivity contribution >= 4 is 6.03 Å². The number of nitrogens with zero attached hydrogens (tertiary/aromatic N) is 2. The number of hydrogen-bond acceptors (Lipinski definition) is 3. The predicted octanol–water partition coefficient (Wildman–Crippen LogP) is 1.97. The normalized spacial score (nSPS) is 15.9. The molecule has 1 aliphatic rings. The maximum atomic E-state index is 12.2. The maximum absolute atomic E-state index is 12.2. The van der Waals surface area contributed by atoms with Gasteiger partial charge in [0.15, 0.2) is 0 Å². The third kappa shape index (κ3) is 4.37. The fourth-order valence-electron chi connectivity index (χ4n) is 2.77. The van der Waals surface area contributed by atoms with Crippen LogP contribution in [0.5, 0.6) is 5.75 Å². The van der Waals surface area contributed by atoms with Crippen LogP contribution in [0.4, 0.5) is 4.79 Å². The van der Waals surface area contributed by atoms with Gasteiger partial charge in [-0.1, -0.05) is 18.2 Å². The highest BCUT2D eigenvalue weighted by atomic mass is 16.5. The molecule has 0 aliphatic carbocycles. The van der Waals surface area contributed by atoms with E-state index in [1.54, 1.807) is 7.11 Å². The molecule has 0 radical (unpaired) electrons. The number of amides is 2. The molecular weight excluding hydrogens is 278 g/mol. The first-order valence-electron chi connectivity index (χ1n) is 8.00. The van der Waals surface area contributed by atoms with Gasteiger partial charge in [0.05, 0.1) is 7.11 Å². The van der Waals surface area contributed by atoms with Gasteiger partial charge >= 0.3 is 6.03 Å². The molecular formula is C17H27N3O2. The molecule has 1 saturated heterocycles. The fourth-order valence-corrected chi connectivity index (χ4v) is 2.77. The number of hydrogen-bond donors (Lipinski definition) is 1. The second-order valence-electron chi connectivity index (χ2n) is 5.91. The number of nitrogens with one attached hydrogen (secondary N) is 1. The summed E-state index contributed by atoms with van der Waals surface area (Å²) in [4.78, 5) is 16.5. The van der Waals surface area contributed by atoms with Crippen LogP contribution in [-0.4, -0.2) is 61.7 Å². The van der Waals surface area contributed by atoms with Gasteiger partial charge in [-0.3, -0.25) is 4.90 Å². The molecule has 5 nitrogen and oxygen atoms in total. The highest BCUT2D eigenvalue weighted by molar-refractivity contribution is 5.74. The van der Waals surface area contributed by atoms with E-state index in [0.717, 1.165) is 43.9 Å². The average molecular weight is 305 g/mol. The Morgan fingerprint density at radius 1 is 1.23 bits per heavy atom. The van der Waals surface area contributed by atoms with E-state index in [9.17, 15) is 4.79 Å². The maximum Gasteiger partial charge on any atom is 0.317 e. The van der Waals surface area contributed by atoms with E-state index in [2.05, 4.69) is 24.1 Å². The first-order chi connectivity index (χ1) is 10.6. The van der Waals surface area contributed by atoms with Crippen molar-refractivity contribution in [2.75, 3.05) is 39.8 Å². The number of piperazine rings is 1. The molecule has 122 valence electrons. The minimum Gasteiger partial charge on any atom is -0.496 e. The van der Waals surface area contributed by atoms with Gasteiger partial charge in [0.1, 0.15) is 5.75 Å². The van der Waals surface area contributed by atoms with Crippen LogP contribution in [0.25, 0.3) is 0 Å². The van der Waals surface area contributed by atoms with E-state index in [0.29, 0.717) is 12.6 Å². The number of carbonyl (C=O) groups is 1. The first-order valence-corrected chi connectivity index (χ1v) is 8.00. The molecule has 2 rings (SSSR count). The quantitative estimate of drug-likeness (QED) is 0.904. The lowest BCUT2D eigenvalue weighted by molar-refractivity contribution is 0.119. The Morgan fingerprint density at radius 3 is 2.55 bits per heavy atom. The molecule has 0 bridgehead atoms. The first kappa shape index (κ1) is 16.6. The van der Waals surface area contributed by atoms with Crippen molar-refractivity contribution in [3.05, 3.63) is 29.8 Å². The number of ether oxygens (including phenoxy) is 1. The zero-order valence-electron chi connectivity index (χ0n) is 13.8. The summed E-state index contributed by atoms with van der Waals surface area (Å²) in [7, 11) is 1.67. The Bertz CT molecular complexity index is 483. The summed E-state index contributed by atoms with van der Waals surface area (Å²) in [6.07, 6.45) is 0.779. The van der Waals surface area contributed by atoms with Crippen LogP contribution in [0.15, 0.2) is 24.3 Å². The topological polar surface area (TPSA) is 44.8 Å². The Labute approximate surface area is 133 Å². The van der Waals surface area contributed by atoms with Gasteiger partial charge < -0.3 is 15.0 Å². The third-order valence-corrected chi connectivity index (χ3v) is 4.19. The Kier molecular flexibility index (Phi) is 6.07. The zero-order chi connectivity index (χ0) is 15.9. The molecule has 22 heavy (non-hydrogen) atoms. The predicted molar refractivity (Wildman–Crippen MR) is 88.4 cm³/mol. The molecule has 0 unspecified atom stereocenters. The molecule has 1 aromatic carbocycles. The fraction of sp³-hybridized carbons (Fsp3) is 0.588. The minimum atomic E-state index is 0.0401.